The molecule has 4 heteroatoms. The first-order chi connectivity index (χ1) is 9.43. The van der Waals surface area contributed by atoms with Gasteiger partial charge in [0.15, 0.2) is 0 Å². The van der Waals surface area contributed by atoms with Gasteiger partial charge in [-0.3, -0.25) is 0 Å². The van der Waals surface area contributed by atoms with Crippen LogP contribution in [0.15, 0.2) is 30.6 Å². The van der Waals surface area contributed by atoms with Gasteiger partial charge < -0.3 is 10.2 Å². The van der Waals surface area contributed by atoms with Gasteiger partial charge in [0, 0.05) is 18.3 Å². The Kier molecular flexibility index (Phi) is 4.10. The second-order valence-corrected chi connectivity index (χ2v) is 5.28. The summed E-state index contributed by atoms with van der Waals surface area (Å²) in [6.45, 7) is 5.83. The van der Waals surface area contributed by atoms with Crippen LogP contribution in [0.3, 0.4) is 0 Å². The largest absolute Gasteiger partial charge is 0.312 e. The lowest BCUT2D eigenvalue weighted by molar-refractivity contribution is 0.331. The monoisotopic (exact) mass is 258 g/mol. The first-order valence-electron chi connectivity index (χ1n) is 7.28. The van der Waals surface area contributed by atoms with E-state index in [1.54, 1.807) is 0 Å². The van der Waals surface area contributed by atoms with Crippen molar-refractivity contribution in [3.8, 4) is 0 Å². The molecular formula is C15H22N4. The predicted molar refractivity (Wildman–Crippen MR) is 77.2 cm³/mol. The molecule has 102 valence electrons. The van der Waals surface area contributed by atoms with Gasteiger partial charge in [-0.15, -0.1) is 0 Å². The number of nitrogens with one attached hydrogen (secondary N) is 1. The molecule has 0 atom stereocenters. The first kappa shape index (κ1) is 12.6. The Bertz CT molecular complexity index is 514. The summed E-state index contributed by atoms with van der Waals surface area (Å²) >= 11 is 0. The zero-order valence-corrected chi connectivity index (χ0v) is 11.4. The van der Waals surface area contributed by atoms with Crippen molar-refractivity contribution in [2.75, 3.05) is 26.2 Å². The third-order valence-corrected chi connectivity index (χ3v) is 3.85. The summed E-state index contributed by atoms with van der Waals surface area (Å²) < 4.78 is 1.93. The van der Waals surface area contributed by atoms with Gasteiger partial charge in [-0.05, 0) is 57.6 Å². The molecule has 1 fully saturated rings. The number of fused-ring (bicyclic) bond motifs is 1. The highest BCUT2D eigenvalue weighted by Gasteiger charge is 2.10. The molecule has 0 spiro atoms. The fourth-order valence-corrected chi connectivity index (χ4v) is 2.78. The Morgan fingerprint density at radius 1 is 1.21 bits per heavy atom. The van der Waals surface area contributed by atoms with Crippen molar-refractivity contribution >= 4 is 5.52 Å². The van der Waals surface area contributed by atoms with Crippen LogP contribution in [0.25, 0.3) is 5.52 Å². The van der Waals surface area contributed by atoms with E-state index in [1.165, 1.54) is 50.0 Å². The number of likely N-dealkylation sites (tertiary alicyclic amines) is 1. The van der Waals surface area contributed by atoms with Crippen LogP contribution in [-0.2, 0) is 6.54 Å². The number of nitrogens with zero attached hydrogens (tertiary/aromatic N) is 3. The standard InChI is InChI=1S/C15H22N4/c1-2-11-19-15(6-1)14(13-17-19)12-16-7-5-10-18-8-3-4-9-18/h1-2,6,11,13,16H,3-5,7-10,12H2. The Balaban J connectivity index is 1.42. The van der Waals surface area contributed by atoms with Crippen molar-refractivity contribution in [2.24, 2.45) is 0 Å². The van der Waals surface area contributed by atoms with Crippen LogP contribution in [0, 0.1) is 0 Å². The van der Waals surface area contributed by atoms with Crippen LogP contribution in [0.2, 0.25) is 0 Å². The molecule has 1 N–H and O–H groups in total. The number of rotatable bonds is 6. The molecule has 0 aromatic carbocycles. The molecule has 0 saturated carbocycles. The minimum atomic E-state index is 0.910. The van der Waals surface area contributed by atoms with E-state index in [4.69, 9.17) is 0 Å². The molecule has 4 nitrogen and oxygen atoms in total. The van der Waals surface area contributed by atoms with Crippen molar-refractivity contribution < 1.29 is 0 Å². The summed E-state index contributed by atoms with van der Waals surface area (Å²) in [4.78, 5) is 2.57. The zero-order valence-electron chi connectivity index (χ0n) is 11.4. The molecule has 1 aliphatic rings. The van der Waals surface area contributed by atoms with E-state index in [-0.39, 0.29) is 0 Å². The molecule has 0 bridgehead atoms. The normalized spacial score (nSPS) is 16.4. The van der Waals surface area contributed by atoms with Crippen LogP contribution in [0.1, 0.15) is 24.8 Å². The molecular weight excluding hydrogens is 236 g/mol. The van der Waals surface area contributed by atoms with Gasteiger partial charge in [0.25, 0.3) is 0 Å². The van der Waals surface area contributed by atoms with Crippen molar-refractivity contribution in [1.29, 1.82) is 0 Å². The molecule has 1 saturated heterocycles. The minimum absolute atomic E-state index is 0.910. The number of hydrogen-bond donors (Lipinski definition) is 1. The fraction of sp³-hybridized carbons (Fsp3) is 0.533. The maximum absolute atomic E-state index is 4.35. The van der Waals surface area contributed by atoms with E-state index in [9.17, 15) is 0 Å². The summed E-state index contributed by atoms with van der Waals surface area (Å²) in [6.07, 6.45) is 7.96. The SMILES string of the molecule is c1ccn2ncc(CNCCCN3CCCC3)c2c1. The second-order valence-electron chi connectivity index (χ2n) is 5.28. The molecule has 2 aromatic heterocycles. The topological polar surface area (TPSA) is 32.6 Å². The summed E-state index contributed by atoms with van der Waals surface area (Å²) in [5, 5.41) is 7.87. The van der Waals surface area contributed by atoms with E-state index < -0.39 is 0 Å². The fourth-order valence-electron chi connectivity index (χ4n) is 2.78. The van der Waals surface area contributed by atoms with Crippen LogP contribution in [0.4, 0.5) is 0 Å². The third kappa shape index (κ3) is 3.14. The van der Waals surface area contributed by atoms with E-state index >= 15 is 0 Å². The van der Waals surface area contributed by atoms with E-state index in [0.29, 0.717) is 0 Å². The van der Waals surface area contributed by atoms with E-state index in [0.717, 1.165) is 13.1 Å². The lowest BCUT2D eigenvalue weighted by Gasteiger charge is -2.14. The average Bonchev–Trinajstić information content (AvgIpc) is 3.08. The van der Waals surface area contributed by atoms with Crippen molar-refractivity contribution in [2.45, 2.75) is 25.8 Å². The third-order valence-electron chi connectivity index (χ3n) is 3.85. The van der Waals surface area contributed by atoms with Crippen LogP contribution in [-0.4, -0.2) is 40.7 Å². The highest BCUT2D eigenvalue weighted by molar-refractivity contribution is 5.53. The Hall–Kier alpha value is -1.39. The first-order valence-corrected chi connectivity index (χ1v) is 7.28. The molecule has 2 aromatic rings. The highest BCUT2D eigenvalue weighted by atomic mass is 15.2. The van der Waals surface area contributed by atoms with Gasteiger partial charge in [0.05, 0.1) is 11.7 Å². The maximum Gasteiger partial charge on any atom is 0.0706 e. The van der Waals surface area contributed by atoms with Gasteiger partial charge in [-0.25, -0.2) is 4.52 Å². The van der Waals surface area contributed by atoms with Crippen LogP contribution >= 0.6 is 0 Å². The maximum atomic E-state index is 4.35. The molecule has 0 unspecified atom stereocenters. The lowest BCUT2D eigenvalue weighted by Crippen LogP contribution is -2.24. The summed E-state index contributed by atoms with van der Waals surface area (Å²) in [7, 11) is 0. The quantitative estimate of drug-likeness (QED) is 0.803. The molecule has 0 radical (unpaired) electrons. The summed E-state index contributed by atoms with van der Waals surface area (Å²) in [5.74, 6) is 0. The number of aromatic nitrogens is 2. The van der Waals surface area contributed by atoms with Crippen LogP contribution in [0.5, 0.6) is 0 Å². The predicted octanol–water partition coefficient (Wildman–Crippen LogP) is 1.91. The van der Waals surface area contributed by atoms with E-state index in [2.05, 4.69) is 27.4 Å². The number of hydrogen-bond acceptors (Lipinski definition) is 3. The Morgan fingerprint density at radius 2 is 2.11 bits per heavy atom. The number of pyridine rings is 1. The van der Waals surface area contributed by atoms with Crippen molar-refractivity contribution in [3.63, 3.8) is 0 Å². The molecule has 3 heterocycles. The summed E-state index contributed by atoms with van der Waals surface area (Å²) in [6, 6.07) is 6.19. The Labute approximate surface area is 114 Å². The van der Waals surface area contributed by atoms with Crippen LogP contribution < -0.4 is 5.32 Å². The zero-order chi connectivity index (χ0) is 12.9. The minimum Gasteiger partial charge on any atom is -0.312 e. The average molecular weight is 258 g/mol. The molecule has 3 rings (SSSR count). The van der Waals surface area contributed by atoms with Gasteiger partial charge in [0.1, 0.15) is 0 Å². The Morgan fingerprint density at radius 3 is 3.00 bits per heavy atom. The highest BCUT2D eigenvalue weighted by Crippen LogP contribution is 2.09. The molecule has 19 heavy (non-hydrogen) atoms. The van der Waals surface area contributed by atoms with Crippen molar-refractivity contribution in [1.82, 2.24) is 19.8 Å². The smallest absolute Gasteiger partial charge is 0.0706 e. The molecule has 0 aliphatic carbocycles. The second kappa shape index (κ2) is 6.17. The summed E-state index contributed by atoms with van der Waals surface area (Å²) in [5.41, 5.74) is 2.48. The van der Waals surface area contributed by atoms with Crippen molar-refractivity contribution in [3.05, 3.63) is 36.2 Å². The van der Waals surface area contributed by atoms with E-state index in [1.807, 2.05) is 23.0 Å². The van der Waals surface area contributed by atoms with Gasteiger partial charge in [-0.2, -0.15) is 5.10 Å². The molecule has 0 amide bonds. The van der Waals surface area contributed by atoms with Gasteiger partial charge in [0.2, 0.25) is 0 Å². The van der Waals surface area contributed by atoms with Gasteiger partial charge in [-0.1, -0.05) is 6.07 Å². The van der Waals surface area contributed by atoms with Gasteiger partial charge >= 0.3 is 0 Å². The molecule has 1 aliphatic heterocycles. The lowest BCUT2D eigenvalue weighted by atomic mass is 10.2.